The summed E-state index contributed by atoms with van der Waals surface area (Å²) in [6, 6.07) is 14.7. The fourth-order valence-corrected chi connectivity index (χ4v) is 2.37. The van der Waals surface area contributed by atoms with Crippen LogP contribution in [0.2, 0.25) is 0 Å². The van der Waals surface area contributed by atoms with E-state index in [1.165, 1.54) is 11.1 Å². The molecule has 0 N–H and O–H groups in total. The van der Waals surface area contributed by atoms with Crippen molar-refractivity contribution in [3.8, 4) is 6.07 Å². The molecule has 1 heterocycles. The molecule has 1 aromatic carbocycles. The van der Waals surface area contributed by atoms with E-state index in [1.807, 2.05) is 24.5 Å². The Morgan fingerprint density at radius 2 is 1.86 bits per heavy atom. The van der Waals surface area contributed by atoms with Crippen LogP contribution in [0, 0.1) is 11.3 Å². The van der Waals surface area contributed by atoms with Crippen LogP contribution in [-0.4, -0.2) is 23.0 Å². The monoisotopic (exact) mass is 279 g/mol. The molecule has 2 aromatic rings. The lowest BCUT2D eigenvalue weighted by Gasteiger charge is -2.20. The minimum atomic E-state index is 0.483. The van der Waals surface area contributed by atoms with E-state index in [1.54, 1.807) is 0 Å². The molecule has 3 heteroatoms. The number of likely N-dealkylation sites (N-methyl/N-ethyl adjacent to an activating group) is 1. The Morgan fingerprint density at radius 1 is 1.10 bits per heavy atom. The molecule has 3 nitrogen and oxygen atoms in total. The van der Waals surface area contributed by atoms with Crippen LogP contribution in [0.1, 0.15) is 23.6 Å². The Labute approximate surface area is 126 Å². The van der Waals surface area contributed by atoms with Gasteiger partial charge in [0, 0.05) is 25.5 Å². The third-order valence-electron chi connectivity index (χ3n) is 3.59. The van der Waals surface area contributed by atoms with E-state index in [0.29, 0.717) is 6.42 Å². The molecule has 0 amide bonds. The molecule has 0 aliphatic heterocycles. The topological polar surface area (TPSA) is 39.9 Å². The molecule has 108 valence electrons. The van der Waals surface area contributed by atoms with Gasteiger partial charge < -0.3 is 0 Å². The van der Waals surface area contributed by atoms with Gasteiger partial charge in [-0.05, 0) is 41.8 Å². The number of pyridine rings is 1. The molecule has 2 rings (SSSR count). The van der Waals surface area contributed by atoms with E-state index in [0.717, 1.165) is 31.6 Å². The highest BCUT2D eigenvalue weighted by Gasteiger charge is 2.05. The number of hydrogen-bond donors (Lipinski definition) is 0. The molecule has 0 aliphatic rings. The van der Waals surface area contributed by atoms with Crippen molar-refractivity contribution in [3.05, 3.63) is 65.5 Å². The van der Waals surface area contributed by atoms with Crippen LogP contribution in [0.3, 0.4) is 0 Å². The SMILES string of the molecule is CCN(CCc1ccncc1)Cc1cccc(CC#N)c1. The van der Waals surface area contributed by atoms with Crippen molar-refractivity contribution in [2.75, 3.05) is 13.1 Å². The highest BCUT2D eigenvalue weighted by Crippen LogP contribution is 2.10. The van der Waals surface area contributed by atoms with E-state index >= 15 is 0 Å². The first-order valence-electron chi connectivity index (χ1n) is 7.38. The lowest BCUT2D eigenvalue weighted by atomic mass is 10.1. The van der Waals surface area contributed by atoms with Crippen LogP contribution in [-0.2, 0) is 19.4 Å². The van der Waals surface area contributed by atoms with E-state index in [9.17, 15) is 0 Å². The van der Waals surface area contributed by atoms with Gasteiger partial charge >= 0.3 is 0 Å². The average Bonchev–Trinajstić information content (AvgIpc) is 2.53. The van der Waals surface area contributed by atoms with Gasteiger partial charge in [-0.1, -0.05) is 31.2 Å². The van der Waals surface area contributed by atoms with Crippen molar-refractivity contribution >= 4 is 0 Å². The van der Waals surface area contributed by atoms with Crippen LogP contribution < -0.4 is 0 Å². The average molecular weight is 279 g/mol. The summed E-state index contributed by atoms with van der Waals surface area (Å²) < 4.78 is 0. The van der Waals surface area contributed by atoms with Crippen LogP contribution in [0.4, 0.5) is 0 Å². The maximum atomic E-state index is 8.78. The van der Waals surface area contributed by atoms with E-state index in [4.69, 9.17) is 5.26 Å². The molecule has 0 saturated carbocycles. The lowest BCUT2D eigenvalue weighted by molar-refractivity contribution is 0.283. The molecule has 0 atom stereocenters. The van der Waals surface area contributed by atoms with E-state index < -0.39 is 0 Å². The number of hydrogen-bond acceptors (Lipinski definition) is 3. The molecule has 0 bridgehead atoms. The summed E-state index contributed by atoms with van der Waals surface area (Å²) in [7, 11) is 0. The zero-order valence-corrected chi connectivity index (χ0v) is 12.5. The summed E-state index contributed by atoms with van der Waals surface area (Å²) in [5.74, 6) is 0. The predicted octanol–water partition coefficient (Wildman–Crippen LogP) is 3.21. The van der Waals surface area contributed by atoms with Gasteiger partial charge in [-0.3, -0.25) is 9.88 Å². The zero-order valence-electron chi connectivity index (χ0n) is 12.5. The second kappa shape index (κ2) is 8.18. The Balaban J connectivity index is 1.93. The second-order valence-corrected chi connectivity index (χ2v) is 5.13. The second-order valence-electron chi connectivity index (χ2n) is 5.13. The summed E-state index contributed by atoms with van der Waals surface area (Å²) in [5.41, 5.74) is 3.70. The van der Waals surface area contributed by atoms with Gasteiger partial charge in [0.05, 0.1) is 12.5 Å². The van der Waals surface area contributed by atoms with Gasteiger partial charge in [-0.25, -0.2) is 0 Å². The number of nitriles is 1. The molecule has 1 aromatic heterocycles. The first-order chi connectivity index (χ1) is 10.3. The number of rotatable bonds is 7. The summed E-state index contributed by atoms with van der Waals surface area (Å²) in [5, 5.41) is 8.78. The smallest absolute Gasteiger partial charge is 0.0669 e. The number of aromatic nitrogens is 1. The van der Waals surface area contributed by atoms with Crippen LogP contribution in [0.25, 0.3) is 0 Å². The van der Waals surface area contributed by atoms with Crippen molar-refractivity contribution in [1.82, 2.24) is 9.88 Å². The fourth-order valence-electron chi connectivity index (χ4n) is 2.37. The van der Waals surface area contributed by atoms with Crippen molar-refractivity contribution < 1.29 is 0 Å². The summed E-state index contributed by atoms with van der Waals surface area (Å²) in [4.78, 5) is 6.47. The summed E-state index contributed by atoms with van der Waals surface area (Å²) in [6.45, 7) is 5.17. The highest BCUT2D eigenvalue weighted by atomic mass is 15.1. The first-order valence-corrected chi connectivity index (χ1v) is 7.38. The van der Waals surface area contributed by atoms with Crippen LogP contribution in [0.15, 0.2) is 48.8 Å². The van der Waals surface area contributed by atoms with Gasteiger partial charge in [0.25, 0.3) is 0 Å². The van der Waals surface area contributed by atoms with Gasteiger partial charge in [0.2, 0.25) is 0 Å². The minimum Gasteiger partial charge on any atom is -0.299 e. The third kappa shape index (κ3) is 5.02. The lowest BCUT2D eigenvalue weighted by Crippen LogP contribution is -2.25. The third-order valence-corrected chi connectivity index (χ3v) is 3.59. The van der Waals surface area contributed by atoms with Crippen molar-refractivity contribution in [3.63, 3.8) is 0 Å². The van der Waals surface area contributed by atoms with Gasteiger partial charge in [-0.2, -0.15) is 5.26 Å². The number of benzene rings is 1. The van der Waals surface area contributed by atoms with E-state index in [-0.39, 0.29) is 0 Å². The maximum Gasteiger partial charge on any atom is 0.0669 e. The van der Waals surface area contributed by atoms with Crippen molar-refractivity contribution in [2.45, 2.75) is 26.3 Å². The Hall–Kier alpha value is -2.18. The molecule has 0 spiro atoms. The maximum absolute atomic E-state index is 8.78. The predicted molar refractivity (Wildman–Crippen MR) is 84.7 cm³/mol. The van der Waals surface area contributed by atoms with Crippen LogP contribution >= 0.6 is 0 Å². The van der Waals surface area contributed by atoms with Crippen LogP contribution in [0.5, 0.6) is 0 Å². The first kappa shape index (κ1) is 15.2. The van der Waals surface area contributed by atoms with E-state index in [2.05, 4.69) is 47.1 Å². The fraction of sp³-hybridized carbons (Fsp3) is 0.333. The molecule has 0 aliphatic carbocycles. The summed E-state index contributed by atoms with van der Waals surface area (Å²) >= 11 is 0. The highest BCUT2D eigenvalue weighted by molar-refractivity contribution is 5.25. The Morgan fingerprint density at radius 3 is 2.57 bits per heavy atom. The molecule has 0 saturated heterocycles. The molecule has 21 heavy (non-hydrogen) atoms. The van der Waals surface area contributed by atoms with Gasteiger partial charge in [0.15, 0.2) is 0 Å². The summed E-state index contributed by atoms with van der Waals surface area (Å²) in [6.07, 6.45) is 5.21. The Kier molecular flexibility index (Phi) is 5.93. The number of nitrogens with zero attached hydrogens (tertiary/aromatic N) is 3. The zero-order chi connectivity index (χ0) is 14.9. The molecule has 0 radical (unpaired) electrons. The molecular weight excluding hydrogens is 258 g/mol. The van der Waals surface area contributed by atoms with Crippen molar-refractivity contribution in [2.24, 2.45) is 0 Å². The largest absolute Gasteiger partial charge is 0.299 e. The molecule has 0 fully saturated rings. The minimum absolute atomic E-state index is 0.483. The molecular formula is C18H21N3. The molecule has 0 unspecified atom stereocenters. The van der Waals surface area contributed by atoms with Crippen molar-refractivity contribution in [1.29, 1.82) is 5.26 Å². The Bertz CT molecular complexity index is 587. The standard InChI is InChI=1S/C18H21N3/c1-2-21(13-9-16-7-11-20-12-8-16)15-18-5-3-4-17(14-18)6-10-19/h3-5,7-8,11-12,14H,2,6,9,13,15H2,1H3. The van der Waals surface area contributed by atoms with Gasteiger partial charge in [-0.15, -0.1) is 0 Å². The quantitative estimate of drug-likeness (QED) is 0.781. The normalized spacial score (nSPS) is 10.5. The van der Waals surface area contributed by atoms with Gasteiger partial charge in [0.1, 0.15) is 0 Å².